The molecule has 0 unspecified atom stereocenters. The van der Waals surface area contributed by atoms with Crippen LogP contribution in [0.4, 0.5) is 11.4 Å². The molecule has 2 heterocycles. The number of hydrogen-bond acceptors (Lipinski definition) is 7. The molecule has 10 nitrogen and oxygen atoms in total. The van der Waals surface area contributed by atoms with Crippen LogP contribution in [-0.4, -0.2) is 49.4 Å². The van der Waals surface area contributed by atoms with E-state index < -0.39 is 20.9 Å². The summed E-state index contributed by atoms with van der Waals surface area (Å²) in [6.07, 6.45) is 2.63. The lowest BCUT2D eigenvalue weighted by Crippen LogP contribution is -2.41. The van der Waals surface area contributed by atoms with Gasteiger partial charge in [0.1, 0.15) is 18.9 Å². The Balaban J connectivity index is 1.55. The van der Waals surface area contributed by atoms with Crippen molar-refractivity contribution in [3.8, 4) is 11.5 Å². The summed E-state index contributed by atoms with van der Waals surface area (Å²) >= 11 is 0. The van der Waals surface area contributed by atoms with Crippen LogP contribution >= 0.6 is 0 Å². The molecule has 0 aliphatic carbocycles. The van der Waals surface area contributed by atoms with Gasteiger partial charge in [-0.15, -0.1) is 0 Å². The molecule has 0 spiro atoms. The molecule has 32 heavy (non-hydrogen) atoms. The minimum atomic E-state index is -3.66. The SMILES string of the molecule is C[C@H]1CCCCN1S(=O)(=O)c1ccc(C(=O)Nc2cc3c(cc2[N+](=O)[O-])OCCO3)cc1. The fourth-order valence-electron chi connectivity index (χ4n) is 3.87. The van der Waals surface area contributed by atoms with Gasteiger partial charge >= 0.3 is 0 Å². The van der Waals surface area contributed by atoms with Crippen LogP contribution in [0.2, 0.25) is 0 Å². The summed E-state index contributed by atoms with van der Waals surface area (Å²) in [5, 5.41) is 14.0. The van der Waals surface area contributed by atoms with Crippen molar-refractivity contribution in [3.05, 3.63) is 52.1 Å². The maximum atomic E-state index is 13.0. The van der Waals surface area contributed by atoms with Gasteiger partial charge in [0, 0.05) is 24.2 Å². The number of carbonyl (C=O) groups is 1. The van der Waals surface area contributed by atoms with Crippen LogP contribution in [0.5, 0.6) is 11.5 Å². The molecule has 11 heteroatoms. The Morgan fingerprint density at radius 2 is 1.78 bits per heavy atom. The van der Waals surface area contributed by atoms with Gasteiger partial charge in [0.05, 0.1) is 15.9 Å². The van der Waals surface area contributed by atoms with E-state index in [0.29, 0.717) is 18.9 Å². The third kappa shape index (κ3) is 4.26. The van der Waals surface area contributed by atoms with E-state index in [0.717, 1.165) is 19.3 Å². The van der Waals surface area contributed by atoms with Crippen molar-refractivity contribution in [1.82, 2.24) is 4.31 Å². The van der Waals surface area contributed by atoms with Gasteiger partial charge in [0.15, 0.2) is 11.5 Å². The van der Waals surface area contributed by atoms with Crippen molar-refractivity contribution in [2.24, 2.45) is 0 Å². The first-order valence-electron chi connectivity index (χ1n) is 10.3. The van der Waals surface area contributed by atoms with Crippen LogP contribution in [0.3, 0.4) is 0 Å². The standard InChI is InChI=1S/C21H23N3O7S/c1-14-4-2-3-9-23(14)32(28,29)16-7-5-15(6-8-16)21(25)22-17-12-19-20(31-11-10-30-19)13-18(17)24(26)27/h5-8,12-14H,2-4,9-11H2,1H3,(H,22,25)/t14-/m0/s1. The van der Waals surface area contributed by atoms with Gasteiger partial charge < -0.3 is 14.8 Å². The lowest BCUT2D eigenvalue weighted by atomic mass is 10.1. The minimum absolute atomic E-state index is 0.0388. The van der Waals surface area contributed by atoms with Crippen LogP contribution in [-0.2, 0) is 10.0 Å². The third-order valence-corrected chi connectivity index (χ3v) is 7.60. The first kappa shape index (κ1) is 22.0. The van der Waals surface area contributed by atoms with E-state index in [2.05, 4.69) is 5.32 Å². The highest BCUT2D eigenvalue weighted by atomic mass is 32.2. The third-order valence-electron chi connectivity index (χ3n) is 5.57. The lowest BCUT2D eigenvalue weighted by Gasteiger charge is -2.32. The summed E-state index contributed by atoms with van der Waals surface area (Å²) in [6, 6.07) is 8.02. The summed E-state index contributed by atoms with van der Waals surface area (Å²) in [5.74, 6) is -0.0724. The fourth-order valence-corrected chi connectivity index (χ4v) is 5.57. The van der Waals surface area contributed by atoms with Gasteiger partial charge in [-0.25, -0.2) is 8.42 Å². The van der Waals surface area contributed by atoms with Crippen molar-refractivity contribution in [3.63, 3.8) is 0 Å². The first-order valence-corrected chi connectivity index (χ1v) is 11.7. The number of rotatable bonds is 5. The number of sulfonamides is 1. The number of amides is 1. The fraction of sp³-hybridized carbons (Fsp3) is 0.381. The number of fused-ring (bicyclic) bond motifs is 1. The number of carbonyl (C=O) groups excluding carboxylic acids is 1. The maximum absolute atomic E-state index is 13.0. The highest BCUT2D eigenvalue weighted by molar-refractivity contribution is 7.89. The zero-order chi connectivity index (χ0) is 22.9. The Kier molecular flexibility index (Phi) is 6.02. The zero-order valence-corrected chi connectivity index (χ0v) is 18.3. The molecule has 1 atom stereocenters. The molecule has 170 valence electrons. The predicted octanol–water partition coefficient (Wildman–Crippen LogP) is 3.18. The molecule has 1 saturated heterocycles. The van der Waals surface area contributed by atoms with Crippen LogP contribution in [0.25, 0.3) is 0 Å². The van der Waals surface area contributed by atoms with E-state index >= 15 is 0 Å². The Morgan fingerprint density at radius 3 is 2.41 bits per heavy atom. The number of nitrogens with one attached hydrogen (secondary N) is 1. The largest absolute Gasteiger partial charge is 0.486 e. The quantitative estimate of drug-likeness (QED) is 0.535. The summed E-state index contributed by atoms with van der Waals surface area (Å²) in [5.41, 5.74) is -0.205. The van der Waals surface area contributed by atoms with Gasteiger partial charge in [0.25, 0.3) is 11.6 Å². The van der Waals surface area contributed by atoms with Crippen LogP contribution in [0.15, 0.2) is 41.3 Å². The first-order chi connectivity index (χ1) is 15.3. The minimum Gasteiger partial charge on any atom is -0.486 e. The van der Waals surface area contributed by atoms with Crippen LogP contribution < -0.4 is 14.8 Å². The molecule has 2 aliphatic heterocycles. The molecule has 0 saturated carbocycles. The lowest BCUT2D eigenvalue weighted by molar-refractivity contribution is -0.384. The van der Waals surface area contributed by atoms with Crippen molar-refractivity contribution in [2.75, 3.05) is 25.1 Å². The summed E-state index contributed by atoms with van der Waals surface area (Å²) in [6.45, 7) is 2.93. The topological polar surface area (TPSA) is 128 Å². The summed E-state index contributed by atoms with van der Waals surface area (Å²) in [4.78, 5) is 23.6. The number of benzene rings is 2. The van der Waals surface area contributed by atoms with Crippen LogP contribution in [0.1, 0.15) is 36.5 Å². The number of hydrogen-bond donors (Lipinski definition) is 1. The molecule has 1 amide bonds. The molecule has 0 aromatic heterocycles. The van der Waals surface area contributed by atoms with E-state index in [-0.39, 0.29) is 40.2 Å². The number of nitro benzene ring substituents is 1. The molecule has 2 aromatic carbocycles. The van der Waals surface area contributed by atoms with Gasteiger partial charge in [-0.05, 0) is 44.0 Å². The van der Waals surface area contributed by atoms with E-state index in [4.69, 9.17) is 9.47 Å². The molecule has 0 bridgehead atoms. The maximum Gasteiger partial charge on any atom is 0.296 e. The molecule has 1 fully saturated rings. The number of anilines is 1. The van der Waals surface area contributed by atoms with Crippen LogP contribution in [0, 0.1) is 10.1 Å². The van der Waals surface area contributed by atoms with Gasteiger partial charge in [-0.1, -0.05) is 6.42 Å². The monoisotopic (exact) mass is 461 g/mol. The van der Waals surface area contributed by atoms with Crippen molar-refractivity contribution in [2.45, 2.75) is 37.1 Å². The van der Waals surface area contributed by atoms with E-state index in [1.807, 2.05) is 6.92 Å². The highest BCUT2D eigenvalue weighted by Gasteiger charge is 2.31. The second-order valence-electron chi connectivity index (χ2n) is 7.71. The highest BCUT2D eigenvalue weighted by Crippen LogP contribution is 2.39. The molecular formula is C21H23N3O7S. The van der Waals surface area contributed by atoms with E-state index in [1.165, 1.54) is 40.7 Å². The van der Waals surface area contributed by atoms with Crippen molar-refractivity contribution in [1.29, 1.82) is 0 Å². The number of nitrogens with zero attached hydrogens (tertiary/aromatic N) is 2. The molecule has 1 N–H and O–H groups in total. The molecule has 2 aliphatic rings. The summed E-state index contributed by atoms with van der Waals surface area (Å²) < 4.78 is 38.2. The Morgan fingerprint density at radius 1 is 1.12 bits per heavy atom. The molecule has 4 rings (SSSR count). The summed E-state index contributed by atoms with van der Waals surface area (Å²) in [7, 11) is -3.66. The van der Waals surface area contributed by atoms with Gasteiger partial charge in [-0.2, -0.15) is 4.31 Å². The predicted molar refractivity (Wildman–Crippen MR) is 116 cm³/mol. The molecule has 2 aromatic rings. The Bertz CT molecular complexity index is 1150. The van der Waals surface area contributed by atoms with Gasteiger partial charge in [-0.3, -0.25) is 14.9 Å². The second kappa shape index (κ2) is 8.75. The molecular weight excluding hydrogens is 438 g/mol. The molecule has 0 radical (unpaired) electrons. The van der Waals surface area contributed by atoms with Gasteiger partial charge in [0.2, 0.25) is 10.0 Å². The Labute approximate surface area is 185 Å². The van der Waals surface area contributed by atoms with E-state index in [1.54, 1.807) is 0 Å². The number of piperidine rings is 1. The zero-order valence-electron chi connectivity index (χ0n) is 17.4. The number of nitro groups is 1. The smallest absolute Gasteiger partial charge is 0.296 e. The van der Waals surface area contributed by atoms with Crippen molar-refractivity contribution < 1.29 is 27.6 Å². The normalized spacial score (nSPS) is 18.7. The Hall–Kier alpha value is -3.18. The average molecular weight is 461 g/mol. The second-order valence-corrected chi connectivity index (χ2v) is 9.60. The average Bonchev–Trinajstić information content (AvgIpc) is 2.78. The van der Waals surface area contributed by atoms with Crippen molar-refractivity contribution >= 4 is 27.3 Å². The van der Waals surface area contributed by atoms with E-state index in [9.17, 15) is 23.3 Å². The number of ether oxygens (including phenoxy) is 2.